The van der Waals surface area contributed by atoms with E-state index in [1.165, 1.54) is 0 Å². The third-order valence-corrected chi connectivity index (χ3v) is 3.84. The van der Waals surface area contributed by atoms with E-state index < -0.39 is 17.5 Å². The van der Waals surface area contributed by atoms with Gasteiger partial charge in [0.15, 0.2) is 0 Å². The molecule has 0 saturated carbocycles. The number of para-hydroxylation sites is 1. The fourth-order valence-corrected chi connectivity index (χ4v) is 2.63. The third kappa shape index (κ3) is 2.86. The van der Waals surface area contributed by atoms with Crippen molar-refractivity contribution in [2.45, 2.75) is 25.3 Å². The number of aromatic amines is 1. The average Bonchev–Trinajstić information content (AvgIpc) is 2.71. The highest BCUT2D eigenvalue weighted by molar-refractivity contribution is 5.99. The van der Waals surface area contributed by atoms with Gasteiger partial charge >= 0.3 is 0 Å². The highest BCUT2D eigenvalue weighted by Gasteiger charge is 2.24. The molecule has 1 atom stereocenters. The first-order valence-corrected chi connectivity index (χ1v) is 7.36. The summed E-state index contributed by atoms with van der Waals surface area (Å²) in [7, 11) is 0. The standard InChI is InChI=1S/C16H17N3O3/c20-14-11(9-10-5-1-2-6-12(10)18-14)15(21)19-13-7-3-4-8-17-16(13)22/h1-2,5-6,9,13H,3-4,7-8H2,(H,17,22)(H,18,20)(H,19,21). The normalized spacial score (nSPS) is 18.5. The zero-order chi connectivity index (χ0) is 15.5. The molecule has 2 heterocycles. The lowest BCUT2D eigenvalue weighted by atomic mass is 10.1. The molecule has 1 aromatic heterocycles. The molecule has 0 spiro atoms. The van der Waals surface area contributed by atoms with Gasteiger partial charge in [-0.3, -0.25) is 14.4 Å². The minimum atomic E-state index is -0.583. The molecule has 1 aromatic carbocycles. The van der Waals surface area contributed by atoms with Crippen molar-refractivity contribution < 1.29 is 9.59 Å². The fraction of sp³-hybridized carbons (Fsp3) is 0.312. The van der Waals surface area contributed by atoms with E-state index in [1.807, 2.05) is 18.2 Å². The number of hydrogen-bond acceptors (Lipinski definition) is 3. The fourth-order valence-electron chi connectivity index (χ4n) is 2.63. The summed E-state index contributed by atoms with van der Waals surface area (Å²) in [5.41, 5.74) is 0.247. The second-order valence-corrected chi connectivity index (χ2v) is 5.41. The molecular formula is C16H17N3O3. The maximum absolute atomic E-state index is 12.3. The summed E-state index contributed by atoms with van der Waals surface area (Å²) in [6, 6.07) is 8.21. The Hall–Kier alpha value is -2.63. The number of carbonyl (C=O) groups is 2. The van der Waals surface area contributed by atoms with E-state index in [0.29, 0.717) is 18.5 Å². The lowest BCUT2D eigenvalue weighted by Gasteiger charge is -2.15. The number of hydrogen-bond donors (Lipinski definition) is 3. The van der Waals surface area contributed by atoms with E-state index in [4.69, 9.17) is 0 Å². The van der Waals surface area contributed by atoms with Gasteiger partial charge in [0.2, 0.25) is 5.91 Å². The number of fused-ring (bicyclic) bond motifs is 1. The van der Waals surface area contributed by atoms with Gasteiger partial charge in [0, 0.05) is 12.1 Å². The van der Waals surface area contributed by atoms with Crippen LogP contribution in [0.5, 0.6) is 0 Å². The number of aromatic nitrogens is 1. The molecule has 1 saturated heterocycles. The number of H-pyrrole nitrogens is 1. The summed E-state index contributed by atoms with van der Waals surface area (Å²) in [5.74, 6) is -0.711. The van der Waals surface area contributed by atoms with Crippen molar-refractivity contribution in [2.75, 3.05) is 6.54 Å². The van der Waals surface area contributed by atoms with Crippen LogP contribution < -0.4 is 16.2 Å². The SMILES string of the molecule is O=C(NC1CCCCNC1=O)c1cc2ccccc2[nH]c1=O. The Labute approximate surface area is 126 Å². The van der Waals surface area contributed by atoms with Gasteiger partial charge in [0.1, 0.15) is 11.6 Å². The van der Waals surface area contributed by atoms with Gasteiger partial charge in [-0.1, -0.05) is 18.2 Å². The molecule has 22 heavy (non-hydrogen) atoms. The van der Waals surface area contributed by atoms with Gasteiger partial charge in [-0.2, -0.15) is 0 Å². The summed E-state index contributed by atoms with van der Waals surface area (Å²) in [5, 5.41) is 6.19. The van der Waals surface area contributed by atoms with E-state index >= 15 is 0 Å². The molecule has 1 fully saturated rings. The quantitative estimate of drug-likeness (QED) is 0.770. The van der Waals surface area contributed by atoms with Crippen LogP contribution in [0.25, 0.3) is 10.9 Å². The zero-order valence-electron chi connectivity index (χ0n) is 12.0. The van der Waals surface area contributed by atoms with Crippen LogP contribution in [0.15, 0.2) is 35.1 Å². The lowest BCUT2D eigenvalue weighted by Crippen LogP contribution is -2.46. The van der Waals surface area contributed by atoms with E-state index in [-0.39, 0.29) is 11.5 Å². The van der Waals surface area contributed by atoms with Crippen molar-refractivity contribution in [1.29, 1.82) is 0 Å². The van der Waals surface area contributed by atoms with Crippen molar-refractivity contribution in [3.05, 3.63) is 46.2 Å². The van der Waals surface area contributed by atoms with Gasteiger partial charge in [0.25, 0.3) is 11.5 Å². The number of rotatable bonds is 2. The van der Waals surface area contributed by atoms with Crippen LogP contribution in [0.1, 0.15) is 29.6 Å². The van der Waals surface area contributed by atoms with Crippen molar-refractivity contribution in [2.24, 2.45) is 0 Å². The first-order valence-electron chi connectivity index (χ1n) is 7.36. The molecule has 2 amide bonds. The van der Waals surface area contributed by atoms with Gasteiger partial charge in [0.05, 0.1) is 0 Å². The smallest absolute Gasteiger partial charge is 0.261 e. The van der Waals surface area contributed by atoms with Crippen LogP contribution in [0.2, 0.25) is 0 Å². The van der Waals surface area contributed by atoms with Crippen molar-refractivity contribution in [3.63, 3.8) is 0 Å². The van der Waals surface area contributed by atoms with E-state index in [0.717, 1.165) is 18.2 Å². The Kier molecular flexibility index (Phi) is 3.91. The Bertz CT molecular complexity index is 782. The number of carbonyl (C=O) groups excluding carboxylic acids is 2. The van der Waals surface area contributed by atoms with Crippen molar-refractivity contribution in [1.82, 2.24) is 15.6 Å². The summed E-state index contributed by atoms with van der Waals surface area (Å²) in [6.45, 7) is 0.627. The largest absolute Gasteiger partial charge is 0.354 e. The van der Waals surface area contributed by atoms with Crippen LogP contribution >= 0.6 is 0 Å². The minimum absolute atomic E-state index is 0.0238. The van der Waals surface area contributed by atoms with Gasteiger partial charge in [-0.15, -0.1) is 0 Å². The predicted octanol–water partition coefficient (Wildman–Crippen LogP) is 0.927. The highest BCUT2D eigenvalue weighted by Crippen LogP contribution is 2.11. The molecule has 1 unspecified atom stereocenters. The second-order valence-electron chi connectivity index (χ2n) is 5.41. The zero-order valence-corrected chi connectivity index (χ0v) is 12.0. The molecule has 1 aliphatic heterocycles. The monoisotopic (exact) mass is 299 g/mol. The third-order valence-electron chi connectivity index (χ3n) is 3.84. The van der Waals surface area contributed by atoms with Gasteiger partial charge in [-0.25, -0.2) is 0 Å². The average molecular weight is 299 g/mol. The van der Waals surface area contributed by atoms with Gasteiger partial charge in [-0.05, 0) is 36.8 Å². The Morgan fingerprint density at radius 3 is 2.86 bits per heavy atom. The summed E-state index contributed by atoms with van der Waals surface area (Å²) < 4.78 is 0. The topological polar surface area (TPSA) is 91.1 Å². The summed E-state index contributed by atoms with van der Waals surface area (Å²) in [6.07, 6.45) is 2.34. The van der Waals surface area contributed by atoms with Crippen LogP contribution in [-0.2, 0) is 4.79 Å². The first-order chi connectivity index (χ1) is 10.6. The number of amides is 2. The Morgan fingerprint density at radius 1 is 1.18 bits per heavy atom. The predicted molar refractivity (Wildman–Crippen MR) is 82.7 cm³/mol. The molecule has 0 radical (unpaired) electrons. The maximum Gasteiger partial charge on any atom is 0.261 e. The molecule has 1 aliphatic rings. The lowest BCUT2D eigenvalue weighted by molar-refractivity contribution is -0.122. The molecule has 6 nitrogen and oxygen atoms in total. The Morgan fingerprint density at radius 2 is 2.00 bits per heavy atom. The maximum atomic E-state index is 12.3. The minimum Gasteiger partial charge on any atom is -0.354 e. The van der Waals surface area contributed by atoms with Crippen LogP contribution in [0.4, 0.5) is 0 Å². The van der Waals surface area contributed by atoms with E-state index in [9.17, 15) is 14.4 Å². The highest BCUT2D eigenvalue weighted by atomic mass is 16.2. The molecular weight excluding hydrogens is 282 g/mol. The Balaban J connectivity index is 1.87. The molecule has 3 N–H and O–H groups in total. The molecule has 114 valence electrons. The number of pyridine rings is 1. The van der Waals surface area contributed by atoms with E-state index in [1.54, 1.807) is 12.1 Å². The molecule has 0 bridgehead atoms. The molecule has 6 heteroatoms. The first kappa shape index (κ1) is 14.3. The summed E-state index contributed by atoms with van der Waals surface area (Å²) >= 11 is 0. The van der Waals surface area contributed by atoms with Crippen molar-refractivity contribution >= 4 is 22.7 Å². The molecule has 3 rings (SSSR count). The van der Waals surface area contributed by atoms with Gasteiger partial charge < -0.3 is 15.6 Å². The number of nitrogens with one attached hydrogen (secondary N) is 3. The second kappa shape index (κ2) is 6.01. The summed E-state index contributed by atoms with van der Waals surface area (Å²) in [4.78, 5) is 38.9. The molecule has 0 aliphatic carbocycles. The van der Waals surface area contributed by atoms with E-state index in [2.05, 4.69) is 15.6 Å². The van der Waals surface area contributed by atoms with Crippen LogP contribution in [0, 0.1) is 0 Å². The van der Waals surface area contributed by atoms with Crippen molar-refractivity contribution in [3.8, 4) is 0 Å². The van der Waals surface area contributed by atoms with Crippen LogP contribution in [0.3, 0.4) is 0 Å². The number of benzene rings is 1. The van der Waals surface area contributed by atoms with Crippen LogP contribution in [-0.4, -0.2) is 29.4 Å². The molecule has 2 aromatic rings.